The van der Waals surface area contributed by atoms with Crippen molar-refractivity contribution in [3.63, 3.8) is 0 Å². The highest BCUT2D eigenvalue weighted by atomic mass is 32.2. The Hall–Kier alpha value is -2.45. The van der Waals surface area contributed by atoms with E-state index in [4.69, 9.17) is 21.7 Å². The van der Waals surface area contributed by atoms with Crippen molar-refractivity contribution >= 4 is 46.3 Å². The van der Waals surface area contributed by atoms with Gasteiger partial charge >= 0.3 is 5.97 Å². The summed E-state index contributed by atoms with van der Waals surface area (Å²) in [7, 11) is 0. The molecule has 5 nitrogen and oxygen atoms in total. The number of benzene rings is 1. The number of carbonyl (C=O) groups excluding carboxylic acids is 1. The number of aliphatic carboxylic acids is 1. The topological polar surface area (TPSA) is 70.8 Å². The predicted molar refractivity (Wildman–Crippen MR) is 96.2 cm³/mol. The number of halogens is 1. The van der Waals surface area contributed by atoms with Gasteiger partial charge < -0.3 is 9.52 Å². The number of carboxylic acid groups (broad SMARTS) is 1. The van der Waals surface area contributed by atoms with Crippen LogP contribution in [0.5, 0.6) is 0 Å². The summed E-state index contributed by atoms with van der Waals surface area (Å²) in [4.78, 5) is 24.8. The van der Waals surface area contributed by atoms with Crippen molar-refractivity contribution in [2.75, 3.05) is 0 Å². The Morgan fingerprint density at radius 1 is 1.36 bits per heavy atom. The molecular weight excluding hydrogens is 365 g/mol. The number of hydrogen-bond acceptors (Lipinski definition) is 5. The fourth-order valence-electron chi connectivity index (χ4n) is 2.29. The smallest absolute Gasteiger partial charge is 0.326 e. The Balaban J connectivity index is 1.88. The van der Waals surface area contributed by atoms with E-state index in [-0.39, 0.29) is 9.23 Å². The number of carbonyl (C=O) groups is 2. The van der Waals surface area contributed by atoms with E-state index < -0.39 is 23.7 Å². The monoisotopic (exact) mass is 377 g/mol. The van der Waals surface area contributed by atoms with Crippen LogP contribution in [0.4, 0.5) is 4.39 Å². The first kappa shape index (κ1) is 17.4. The number of rotatable bonds is 4. The van der Waals surface area contributed by atoms with Crippen LogP contribution in [0.15, 0.2) is 45.7 Å². The molecule has 0 spiro atoms. The molecule has 1 atom stereocenters. The van der Waals surface area contributed by atoms with Crippen LogP contribution in [0.3, 0.4) is 0 Å². The van der Waals surface area contributed by atoms with Crippen molar-refractivity contribution in [2.45, 2.75) is 13.0 Å². The van der Waals surface area contributed by atoms with E-state index in [1.807, 2.05) is 0 Å². The molecule has 0 bridgehead atoms. The highest BCUT2D eigenvalue weighted by Gasteiger charge is 2.38. The highest BCUT2D eigenvalue weighted by molar-refractivity contribution is 8.26. The molecule has 3 rings (SSSR count). The van der Waals surface area contributed by atoms with E-state index in [1.165, 1.54) is 19.1 Å². The molecule has 1 fully saturated rings. The van der Waals surface area contributed by atoms with Gasteiger partial charge in [-0.05, 0) is 31.2 Å². The lowest BCUT2D eigenvalue weighted by atomic mass is 10.1. The van der Waals surface area contributed by atoms with Crippen LogP contribution in [0, 0.1) is 5.82 Å². The summed E-state index contributed by atoms with van der Waals surface area (Å²) in [5, 5.41) is 9.07. The standard InChI is InChI=1S/C17H12FNO4S2/c1-9(16(21)22)19-15(20)14(25-17(19)24)8-10-6-7-13(23-10)11-4-2-3-5-12(11)18/h2-9H,1H3,(H,21,22). The normalized spacial score (nSPS) is 17.4. The Kier molecular flexibility index (Phi) is 4.73. The van der Waals surface area contributed by atoms with E-state index in [0.29, 0.717) is 17.1 Å². The van der Waals surface area contributed by atoms with Gasteiger partial charge in [-0.2, -0.15) is 0 Å². The lowest BCUT2D eigenvalue weighted by molar-refractivity contribution is -0.144. The van der Waals surface area contributed by atoms with Crippen LogP contribution in [-0.4, -0.2) is 32.2 Å². The Morgan fingerprint density at radius 3 is 2.76 bits per heavy atom. The summed E-state index contributed by atoms with van der Waals surface area (Å²) in [5.41, 5.74) is 0.314. The molecule has 1 aliphatic rings. The number of hydrogen-bond donors (Lipinski definition) is 1. The zero-order valence-electron chi connectivity index (χ0n) is 12.9. The van der Waals surface area contributed by atoms with E-state index >= 15 is 0 Å². The van der Waals surface area contributed by atoms with E-state index in [0.717, 1.165) is 16.7 Å². The third-order valence-corrected chi connectivity index (χ3v) is 4.94. The first-order valence-electron chi connectivity index (χ1n) is 7.23. The minimum absolute atomic E-state index is 0.173. The van der Waals surface area contributed by atoms with Crippen molar-refractivity contribution in [1.29, 1.82) is 0 Å². The number of thioether (sulfide) groups is 1. The quantitative estimate of drug-likeness (QED) is 0.646. The van der Waals surface area contributed by atoms with E-state index in [9.17, 15) is 14.0 Å². The molecule has 1 aromatic heterocycles. The van der Waals surface area contributed by atoms with Crippen LogP contribution >= 0.6 is 24.0 Å². The maximum Gasteiger partial charge on any atom is 0.326 e. The lowest BCUT2D eigenvalue weighted by Crippen LogP contribution is -2.41. The van der Waals surface area contributed by atoms with Gasteiger partial charge in [0.1, 0.15) is 27.7 Å². The Labute approximate surface area is 152 Å². The van der Waals surface area contributed by atoms with Gasteiger partial charge in [0.05, 0.1) is 10.5 Å². The molecule has 0 aliphatic carbocycles. The summed E-state index contributed by atoms with van der Waals surface area (Å²) in [6.45, 7) is 1.39. The van der Waals surface area contributed by atoms with Crippen molar-refractivity contribution in [3.8, 4) is 11.3 Å². The molecule has 1 N–H and O–H groups in total. The Morgan fingerprint density at radius 2 is 2.08 bits per heavy atom. The molecule has 128 valence electrons. The van der Waals surface area contributed by atoms with Crippen LogP contribution in [0.2, 0.25) is 0 Å². The summed E-state index contributed by atoms with van der Waals surface area (Å²) in [6.07, 6.45) is 1.47. The minimum Gasteiger partial charge on any atom is -0.480 e. The van der Waals surface area contributed by atoms with Gasteiger partial charge in [-0.25, -0.2) is 9.18 Å². The number of nitrogens with zero attached hydrogens (tertiary/aromatic N) is 1. The number of amides is 1. The third kappa shape index (κ3) is 3.35. The zero-order valence-corrected chi connectivity index (χ0v) is 14.6. The van der Waals surface area contributed by atoms with Crippen molar-refractivity contribution in [1.82, 2.24) is 4.90 Å². The molecule has 2 heterocycles. The maximum atomic E-state index is 13.8. The zero-order chi connectivity index (χ0) is 18.1. The maximum absolute atomic E-state index is 13.8. The SMILES string of the molecule is CC(C(=O)O)N1C(=O)C(=Cc2ccc(-c3ccccc3F)o2)SC1=S. The van der Waals surface area contributed by atoms with Crippen LogP contribution in [0.25, 0.3) is 17.4 Å². The molecule has 1 aromatic carbocycles. The first-order chi connectivity index (χ1) is 11.9. The van der Waals surface area contributed by atoms with Crippen LogP contribution < -0.4 is 0 Å². The number of thiocarbonyl (C=S) groups is 1. The summed E-state index contributed by atoms with van der Waals surface area (Å²) >= 11 is 6.09. The molecule has 0 radical (unpaired) electrons. The molecule has 25 heavy (non-hydrogen) atoms. The van der Waals surface area contributed by atoms with E-state index in [1.54, 1.807) is 30.3 Å². The number of furan rings is 1. The van der Waals surface area contributed by atoms with Crippen molar-refractivity contribution in [2.24, 2.45) is 0 Å². The Bertz CT molecular complexity index is 906. The summed E-state index contributed by atoms with van der Waals surface area (Å²) in [5.74, 6) is -1.36. The molecular formula is C17H12FNO4S2. The van der Waals surface area contributed by atoms with Gasteiger partial charge in [-0.3, -0.25) is 9.69 Å². The number of carboxylic acids is 1. The van der Waals surface area contributed by atoms with Gasteiger partial charge in [-0.15, -0.1) is 0 Å². The molecule has 1 amide bonds. The highest BCUT2D eigenvalue weighted by Crippen LogP contribution is 2.35. The first-order valence-corrected chi connectivity index (χ1v) is 8.45. The average molecular weight is 377 g/mol. The van der Waals surface area contributed by atoms with Gasteiger partial charge in [0.2, 0.25) is 0 Å². The van der Waals surface area contributed by atoms with Crippen molar-refractivity contribution in [3.05, 3.63) is 52.9 Å². The van der Waals surface area contributed by atoms with E-state index in [2.05, 4.69) is 0 Å². The molecule has 1 aliphatic heterocycles. The van der Waals surface area contributed by atoms with Gasteiger partial charge in [0.15, 0.2) is 0 Å². The second kappa shape index (κ2) is 6.81. The second-order valence-electron chi connectivity index (χ2n) is 5.25. The minimum atomic E-state index is -1.14. The largest absolute Gasteiger partial charge is 0.480 e. The average Bonchev–Trinajstić information content (AvgIpc) is 3.13. The van der Waals surface area contributed by atoms with Crippen LogP contribution in [-0.2, 0) is 9.59 Å². The summed E-state index contributed by atoms with van der Waals surface area (Å²) < 4.78 is 19.6. The molecule has 1 saturated heterocycles. The van der Waals surface area contributed by atoms with Gasteiger partial charge in [0.25, 0.3) is 5.91 Å². The second-order valence-corrected chi connectivity index (χ2v) is 6.92. The molecule has 1 unspecified atom stereocenters. The molecule has 2 aromatic rings. The van der Waals surface area contributed by atoms with Gasteiger partial charge in [-0.1, -0.05) is 36.1 Å². The van der Waals surface area contributed by atoms with Crippen LogP contribution in [0.1, 0.15) is 12.7 Å². The van der Waals surface area contributed by atoms with Gasteiger partial charge in [0, 0.05) is 6.08 Å². The summed E-state index contributed by atoms with van der Waals surface area (Å²) in [6, 6.07) is 8.35. The molecule has 0 saturated carbocycles. The molecule has 8 heteroatoms. The fraction of sp³-hybridized carbons (Fsp3) is 0.118. The third-order valence-electron chi connectivity index (χ3n) is 3.61. The fourth-order valence-corrected chi connectivity index (χ4v) is 3.69. The van der Waals surface area contributed by atoms with Crippen molar-refractivity contribution < 1.29 is 23.5 Å². The predicted octanol–water partition coefficient (Wildman–Crippen LogP) is 3.76. The lowest BCUT2D eigenvalue weighted by Gasteiger charge is -2.18.